The fourth-order valence-corrected chi connectivity index (χ4v) is 2.53. The highest BCUT2D eigenvalue weighted by Gasteiger charge is 2.01. The van der Waals surface area contributed by atoms with Gasteiger partial charge in [-0.3, -0.25) is 0 Å². The third-order valence-corrected chi connectivity index (χ3v) is 3.67. The monoisotopic (exact) mass is 284 g/mol. The molecule has 0 aliphatic rings. The minimum atomic E-state index is 0.455. The van der Waals surface area contributed by atoms with Gasteiger partial charge in [-0.25, -0.2) is 4.98 Å². The van der Waals surface area contributed by atoms with Gasteiger partial charge in [0.05, 0.1) is 11.2 Å². The Hall–Kier alpha value is -2.87. The van der Waals surface area contributed by atoms with Gasteiger partial charge in [-0.15, -0.1) is 0 Å². The van der Waals surface area contributed by atoms with E-state index in [0.29, 0.717) is 6.61 Å². The first-order chi connectivity index (χ1) is 10.9. The molecule has 4 rings (SSSR count). The summed E-state index contributed by atoms with van der Waals surface area (Å²) in [5, 5.41) is 3.37. The van der Waals surface area contributed by atoms with E-state index in [9.17, 15) is 0 Å². The van der Waals surface area contributed by atoms with Crippen LogP contribution in [0, 0.1) is 6.07 Å². The van der Waals surface area contributed by atoms with Crippen molar-refractivity contribution in [3.8, 4) is 5.75 Å². The molecule has 2 heteroatoms. The van der Waals surface area contributed by atoms with Gasteiger partial charge in [0.15, 0.2) is 0 Å². The summed E-state index contributed by atoms with van der Waals surface area (Å²) in [5.74, 6) is 0.814. The second kappa shape index (κ2) is 5.49. The van der Waals surface area contributed by atoms with Crippen molar-refractivity contribution in [3.63, 3.8) is 0 Å². The van der Waals surface area contributed by atoms with Crippen LogP contribution in [0.5, 0.6) is 5.75 Å². The Morgan fingerprint density at radius 3 is 2.64 bits per heavy atom. The first kappa shape index (κ1) is 12.8. The molecular weight excluding hydrogens is 270 g/mol. The molecule has 105 valence electrons. The highest BCUT2D eigenvalue weighted by Crippen LogP contribution is 2.21. The van der Waals surface area contributed by atoms with Crippen LogP contribution in [0.25, 0.3) is 21.7 Å². The molecule has 3 aromatic carbocycles. The molecule has 1 radical (unpaired) electrons. The first-order valence-electron chi connectivity index (χ1n) is 7.26. The average molecular weight is 284 g/mol. The van der Waals surface area contributed by atoms with Crippen molar-refractivity contribution < 1.29 is 4.74 Å². The third-order valence-electron chi connectivity index (χ3n) is 3.67. The molecule has 22 heavy (non-hydrogen) atoms. The highest BCUT2D eigenvalue weighted by atomic mass is 16.5. The van der Waals surface area contributed by atoms with Gasteiger partial charge in [0.25, 0.3) is 0 Å². The summed E-state index contributed by atoms with van der Waals surface area (Å²) in [6.45, 7) is 0.455. The second-order valence-corrected chi connectivity index (χ2v) is 5.21. The smallest absolute Gasteiger partial charge is 0.130 e. The second-order valence-electron chi connectivity index (χ2n) is 5.21. The number of pyridine rings is 1. The Bertz CT molecular complexity index is 867. The van der Waals surface area contributed by atoms with Crippen molar-refractivity contribution in [1.82, 2.24) is 4.98 Å². The number of rotatable bonds is 3. The lowest BCUT2D eigenvalue weighted by molar-refractivity contribution is 0.302. The van der Waals surface area contributed by atoms with E-state index in [-0.39, 0.29) is 0 Å². The van der Waals surface area contributed by atoms with Gasteiger partial charge < -0.3 is 4.74 Å². The summed E-state index contributed by atoms with van der Waals surface area (Å²) in [6.07, 6.45) is 0. The number of hydrogen-bond donors (Lipinski definition) is 0. The molecule has 0 aliphatic heterocycles. The van der Waals surface area contributed by atoms with Gasteiger partial charge in [0.1, 0.15) is 12.4 Å². The maximum Gasteiger partial charge on any atom is 0.130 e. The first-order valence-corrected chi connectivity index (χ1v) is 7.26. The average Bonchev–Trinajstić information content (AvgIpc) is 2.59. The summed E-state index contributed by atoms with van der Waals surface area (Å²) in [6, 6.07) is 27.5. The zero-order valence-electron chi connectivity index (χ0n) is 12.0. The van der Waals surface area contributed by atoms with Gasteiger partial charge in [0, 0.05) is 5.39 Å². The summed E-state index contributed by atoms with van der Waals surface area (Å²) in [4.78, 5) is 4.62. The van der Waals surface area contributed by atoms with E-state index in [1.54, 1.807) is 0 Å². The van der Waals surface area contributed by atoms with E-state index in [2.05, 4.69) is 29.2 Å². The minimum Gasteiger partial charge on any atom is -0.487 e. The Kier molecular flexibility index (Phi) is 3.20. The summed E-state index contributed by atoms with van der Waals surface area (Å²) >= 11 is 0. The maximum absolute atomic E-state index is 5.86. The predicted octanol–water partition coefficient (Wildman–Crippen LogP) is 4.77. The molecule has 0 bridgehead atoms. The Morgan fingerprint density at radius 1 is 0.864 bits per heavy atom. The van der Waals surface area contributed by atoms with Crippen molar-refractivity contribution in [2.45, 2.75) is 6.61 Å². The number of para-hydroxylation sites is 1. The predicted molar refractivity (Wildman–Crippen MR) is 88.9 cm³/mol. The molecule has 0 atom stereocenters. The number of ether oxygens (including phenoxy) is 1. The topological polar surface area (TPSA) is 22.1 Å². The molecule has 1 heterocycles. The van der Waals surface area contributed by atoms with E-state index >= 15 is 0 Å². The summed E-state index contributed by atoms with van der Waals surface area (Å²) in [5.41, 5.74) is 1.92. The van der Waals surface area contributed by atoms with Crippen LogP contribution in [-0.4, -0.2) is 4.98 Å². The van der Waals surface area contributed by atoms with Crippen molar-refractivity contribution in [1.29, 1.82) is 0 Å². The number of benzene rings is 3. The van der Waals surface area contributed by atoms with Crippen LogP contribution < -0.4 is 4.74 Å². The lowest BCUT2D eigenvalue weighted by Gasteiger charge is -2.07. The van der Waals surface area contributed by atoms with E-state index < -0.39 is 0 Å². The van der Waals surface area contributed by atoms with Gasteiger partial charge in [-0.1, -0.05) is 48.5 Å². The van der Waals surface area contributed by atoms with E-state index in [0.717, 1.165) is 33.1 Å². The van der Waals surface area contributed by atoms with Crippen molar-refractivity contribution >= 4 is 21.7 Å². The van der Waals surface area contributed by atoms with Crippen molar-refractivity contribution in [2.75, 3.05) is 0 Å². The molecule has 0 aliphatic carbocycles. The third kappa shape index (κ3) is 2.51. The molecule has 1 aromatic heterocycles. The lowest BCUT2D eigenvalue weighted by Crippen LogP contribution is -1.98. The fourth-order valence-electron chi connectivity index (χ4n) is 2.53. The van der Waals surface area contributed by atoms with E-state index in [1.165, 1.54) is 0 Å². The highest BCUT2D eigenvalue weighted by molar-refractivity contribution is 5.83. The van der Waals surface area contributed by atoms with Crippen molar-refractivity contribution in [2.24, 2.45) is 0 Å². The van der Waals surface area contributed by atoms with Crippen LogP contribution in [0.3, 0.4) is 0 Å². The van der Waals surface area contributed by atoms with Crippen LogP contribution in [0.1, 0.15) is 5.69 Å². The molecule has 0 spiro atoms. The zero-order chi connectivity index (χ0) is 14.8. The van der Waals surface area contributed by atoms with Crippen molar-refractivity contribution in [3.05, 3.63) is 84.6 Å². The van der Waals surface area contributed by atoms with Gasteiger partial charge >= 0.3 is 0 Å². The standard InChI is InChI=1S/C20H14NO/c1-2-7-17-13-19(12-10-15(17)5-1)22-14-18-11-9-16-6-3-4-8-20(16)21-18/h1-9,11-13H,14H2. The van der Waals surface area contributed by atoms with Crippen LogP contribution in [0.2, 0.25) is 0 Å². The molecule has 0 saturated heterocycles. The molecule has 0 unspecified atom stereocenters. The van der Waals surface area contributed by atoms with Gasteiger partial charge in [0.2, 0.25) is 0 Å². The zero-order valence-corrected chi connectivity index (χ0v) is 12.0. The molecule has 2 nitrogen and oxygen atoms in total. The molecule has 0 fully saturated rings. The number of fused-ring (bicyclic) bond motifs is 2. The largest absolute Gasteiger partial charge is 0.487 e. The van der Waals surface area contributed by atoms with Crippen LogP contribution in [0.4, 0.5) is 0 Å². The number of nitrogens with zero attached hydrogens (tertiary/aromatic N) is 1. The normalized spacial score (nSPS) is 10.9. The lowest BCUT2D eigenvalue weighted by atomic mass is 10.1. The van der Waals surface area contributed by atoms with E-state index in [4.69, 9.17) is 4.74 Å². The summed E-state index contributed by atoms with van der Waals surface area (Å²) < 4.78 is 5.86. The Morgan fingerprint density at radius 2 is 1.68 bits per heavy atom. The Labute approximate surface area is 129 Å². The molecule has 0 saturated carbocycles. The quantitative estimate of drug-likeness (QED) is 0.541. The summed E-state index contributed by atoms with van der Waals surface area (Å²) in [7, 11) is 0. The molecule has 0 amide bonds. The van der Waals surface area contributed by atoms with Crippen LogP contribution in [-0.2, 0) is 6.61 Å². The van der Waals surface area contributed by atoms with Gasteiger partial charge in [-0.05, 0) is 41.1 Å². The number of hydrogen-bond acceptors (Lipinski definition) is 2. The Balaban J connectivity index is 1.57. The number of aromatic nitrogens is 1. The molecule has 0 N–H and O–H groups in total. The van der Waals surface area contributed by atoms with Crippen LogP contribution >= 0.6 is 0 Å². The minimum absolute atomic E-state index is 0.455. The maximum atomic E-state index is 5.86. The van der Waals surface area contributed by atoms with Gasteiger partial charge in [-0.2, -0.15) is 0 Å². The fraction of sp³-hybridized carbons (Fsp3) is 0.0500. The SMILES string of the molecule is [c]1cc(OCc2ccc3ccccc3n2)cc2ccccc12. The molecular formula is C20H14NO. The van der Waals surface area contributed by atoms with E-state index in [1.807, 2.05) is 54.6 Å². The molecule has 4 aromatic rings. The van der Waals surface area contributed by atoms with Crippen LogP contribution in [0.15, 0.2) is 72.8 Å².